The molecule has 9 aromatic rings. The van der Waals surface area contributed by atoms with Crippen molar-refractivity contribution in [1.29, 1.82) is 0 Å². The van der Waals surface area contributed by atoms with Crippen molar-refractivity contribution in [3.63, 3.8) is 0 Å². The van der Waals surface area contributed by atoms with Gasteiger partial charge in [-0.05, 0) is 119 Å². The molecule has 0 aliphatic rings. The van der Waals surface area contributed by atoms with Gasteiger partial charge >= 0.3 is 0 Å². The lowest BCUT2D eigenvalue weighted by molar-refractivity contribution is 1.13. The number of hydrogen-bond acceptors (Lipinski definition) is 2. The fraction of sp³-hybridized carbons (Fsp3) is 0. The van der Waals surface area contributed by atoms with Crippen molar-refractivity contribution in [3.05, 3.63) is 225 Å². The van der Waals surface area contributed by atoms with E-state index in [4.69, 9.17) is 0 Å². The third-order valence-corrected chi connectivity index (χ3v) is 9.75. The molecule has 0 radical (unpaired) electrons. The maximum Gasteiger partial charge on any atom is 0.0528 e. The third-order valence-electron chi connectivity index (χ3n) is 9.75. The number of anilines is 6. The molecule has 0 bridgehead atoms. The van der Waals surface area contributed by atoms with E-state index in [1.807, 2.05) is 0 Å². The first-order chi connectivity index (χ1) is 26.3. The molecule has 0 N–H and O–H groups in total. The van der Waals surface area contributed by atoms with Crippen LogP contribution in [0.4, 0.5) is 34.1 Å². The number of nitrogens with zero attached hydrogens (tertiary/aromatic N) is 3. The lowest BCUT2D eigenvalue weighted by Gasteiger charge is -2.30. The van der Waals surface area contributed by atoms with E-state index < -0.39 is 0 Å². The van der Waals surface area contributed by atoms with Crippen LogP contribution in [0.5, 0.6) is 0 Å². The van der Waals surface area contributed by atoms with Crippen molar-refractivity contribution < 1.29 is 0 Å². The summed E-state index contributed by atoms with van der Waals surface area (Å²) >= 11 is 0. The molecule has 0 aliphatic carbocycles. The molecule has 0 amide bonds. The second kappa shape index (κ2) is 14.3. The van der Waals surface area contributed by atoms with Crippen LogP contribution in [0.15, 0.2) is 225 Å². The van der Waals surface area contributed by atoms with Crippen molar-refractivity contribution >= 4 is 45.0 Å². The van der Waals surface area contributed by atoms with Crippen LogP contribution in [0, 0.1) is 0 Å². The van der Waals surface area contributed by atoms with Crippen LogP contribution in [-0.4, -0.2) is 4.57 Å². The van der Waals surface area contributed by atoms with E-state index in [1.165, 1.54) is 22.0 Å². The monoisotopic (exact) mass is 679 g/mol. The Morgan fingerprint density at radius 2 is 0.679 bits per heavy atom. The third kappa shape index (κ3) is 6.48. The van der Waals surface area contributed by atoms with E-state index >= 15 is 0 Å². The lowest BCUT2D eigenvalue weighted by Crippen LogP contribution is -2.13. The van der Waals surface area contributed by atoms with E-state index in [9.17, 15) is 0 Å². The van der Waals surface area contributed by atoms with E-state index in [0.29, 0.717) is 0 Å². The second-order valence-corrected chi connectivity index (χ2v) is 13.1. The molecule has 1 aromatic heterocycles. The number of hydrogen-bond donors (Lipinski definition) is 0. The van der Waals surface area contributed by atoms with Gasteiger partial charge < -0.3 is 14.4 Å². The zero-order chi connectivity index (χ0) is 35.4. The summed E-state index contributed by atoms with van der Waals surface area (Å²) in [7, 11) is 0. The van der Waals surface area contributed by atoms with Crippen LogP contribution >= 0.6 is 0 Å². The van der Waals surface area contributed by atoms with Gasteiger partial charge in [-0.15, -0.1) is 0 Å². The molecule has 0 saturated carbocycles. The minimum absolute atomic E-state index is 1.07. The highest BCUT2D eigenvalue weighted by molar-refractivity contribution is 5.89. The van der Waals surface area contributed by atoms with Crippen molar-refractivity contribution in [2.24, 2.45) is 0 Å². The Hall–Kier alpha value is -7.10. The Labute approximate surface area is 310 Å². The summed E-state index contributed by atoms with van der Waals surface area (Å²) in [6, 6.07) is 77.8. The van der Waals surface area contributed by atoms with Crippen LogP contribution in [0.25, 0.3) is 38.8 Å². The summed E-state index contributed by atoms with van der Waals surface area (Å²) in [5.74, 6) is 0. The largest absolute Gasteiger partial charge is 0.317 e. The maximum atomic E-state index is 2.34. The quantitative estimate of drug-likeness (QED) is 0.150. The summed E-state index contributed by atoms with van der Waals surface area (Å²) < 4.78 is 2.25. The smallest absolute Gasteiger partial charge is 0.0528 e. The topological polar surface area (TPSA) is 11.4 Å². The van der Waals surface area contributed by atoms with Gasteiger partial charge in [-0.1, -0.05) is 121 Å². The Bertz CT molecular complexity index is 2400. The molecule has 0 spiro atoms. The molecule has 8 aromatic carbocycles. The van der Waals surface area contributed by atoms with E-state index in [-0.39, 0.29) is 0 Å². The summed E-state index contributed by atoms with van der Waals surface area (Å²) in [5.41, 5.74) is 13.6. The predicted molar refractivity (Wildman–Crippen MR) is 224 cm³/mol. The van der Waals surface area contributed by atoms with Gasteiger partial charge in [-0.25, -0.2) is 0 Å². The minimum Gasteiger partial charge on any atom is -0.317 e. The van der Waals surface area contributed by atoms with Crippen LogP contribution < -0.4 is 9.80 Å². The van der Waals surface area contributed by atoms with E-state index in [0.717, 1.165) is 50.9 Å². The van der Waals surface area contributed by atoms with Crippen molar-refractivity contribution in [1.82, 2.24) is 4.57 Å². The van der Waals surface area contributed by atoms with Gasteiger partial charge in [0, 0.05) is 51.4 Å². The molecule has 0 saturated heterocycles. The van der Waals surface area contributed by atoms with Crippen molar-refractivity contribution in [3.8, 4) is 27.9 Å². The van der Waals surface area contributed by atoms with Gasteiger partial charge in [0.2, 0.25) is 0 Å². The molecule has 0 fully saturated rings. The average Bonchev–Trinajstić information content (AvgIpc) is 3.67. The molecule has 53 heavy (non-hydrogen) atoms. The minimum atomic E-state index is 1.07. The lowest BCUT2D eigenvalue weighted by atomic mass is 9.98. The standard InChI is InChI=1S/C50H37N3/c1-6-16-43(17-7-1)51-33-32-41-34-40(30-31-50(41)51)38-26-28-39(29-27-38)42-35-48(52(44-18-8-2-9-19-44)45-20-10-3-11-21-45)37-49(36-42)53(46-22-12-4-13-23-46)47-24-14-5-15-25-47/h1-37H. The highest BCUT2D eigenvalue weighted by atomic mass is 15.2. The zero-order valence-corrected chi connectivity index (χ0v) is 29.2. The first kappa shape index (κ1) is 31.9. The Morgan fingerprint density at radius 3 is 1.13 bits per heavy atom. The van der Waals surface area contributed by atoms with Crippen LogP contribution in [0.3, 0.4) is 0 Å². The van der Waals surface area contributed by atoms with Crippen LogP contribution in [0.1, 0.15) is 0 Å². The van der Waals surface area contributed by atoms with E-state index in [2.05, 4.69) is 239 Å². The molecule has 252 valence electrons. The molecule has 3 heteroatoms. The van der Waals surface area contributed by atoms with Gasteiger partial charge in [0.05, 0.1) is 5.52 Å². The van der Waals surface area contributed by atoms with E-state index in [1.54, 1.807) is 0 Å². The average molecular weight is 680 g/mol. The number of rotatable bonds is 9. The van der Waals surface area contributed by atoms with Crippen molar-refractivity contribution in [2.45, 2.75) is 0 Å². The second-order valence-electron chi connectivity index (χ2n) is 13.1. The summed E-state index contributed by atoms with van der Waals surface area (Å²) in [6.07, 6.45) is 2.15. The predicted octanol–water partition coefficient (Wildman–Crippen LogP) is 13.9. The van der Waals surface area contributed by atoms with Gasteiger partial charge in [0.25, 0.3) is 0 Å². The Kier molecular flexibility index (Phi) is 8.57. The van der Waals surface area contributed by atoms with Gasteiger partial charge in [-0.3, -0.25) is 0 Å². The Balaban J connectivity index is 1.17. The molecule has 9 rings (SSSR count). The summed E-state index contributed by atoms with van der Waals surface area (Å²) in [6.45, 7) is 0. The van der Waals surface area contributed by atoms with Gasteiger partial charge in [-0.2, -0.15) is 0 Å². The highest BCUT2D eigenvalue weighted by Crippen LogP contribution is 2.43. The Morgan fingerprint density at radius 1 is 0.283 bits per heavy atom. The molecular weight excluding hydrogens is 643 g/mol. The maximum absolute atomic E-state index is 2.34. The van der Waals surface area contributed by atoms with Crippen LogP contribution in [-0.2, 0) is 0 Å². The molecule has 3 nitrogen and oxygen atoms in total. The fourth-order valence-electron chi connectivity index (χ4n) is 7.21. The molecule has 0 aliphatic heterocycles. The first-order valence-electron chi connectivity index (χ1n) is 18.0. The van der Waals surface area contributed by atoms with Crippen LogP contribution in [0.2, 0.25) is 0 Å². The number of benzene rings is 8. The molecule has 1 heterocycles. The van der Waals surface area contributed by atoms with Gasteiger partial charge in [0.15, 0.2) is 0 Å². The summed E-state index contributed by atoms with van der Waals surface area (Å²) in [4.78, 5) is 4.68. The summed E-state index contributed by atoms with van der Waals surface area (Å²) in [5, 5.41) is 1.22. The number of aromatic nitrogens is 1. The van der Waals surface area contributed by atoms with Crippen molar-refractivity contribution in [2.75, 3.05) is 9.80 Å². The zero-order valence-electron chi connectivity index (χ0n) is 29.2. The normalized spacial score (nSPS) is 11.0. The number of fused-ring (bicyclic) bond motifs is 1. The fourth-order valence-corrected chi connectivity index (χ4v) is 7.21. The molecule has 0 atom stereocenters. The number of para-hydroxylation sites is 5. The van der Waals surface area contributed by atoms with Gasteiger partial charge in [0.1, 0.15) is 0 Å². The first-order valence-corrected chi connectivity index (χ1v) is 18.0. The SMILES string of the molecule is c1ccc(N(c2ccccc2)c2cc(-c3ccc(-c4ccc5c(ccn5-c5ccccc5)c4)cc3)cc(N(c3ccccc3)c3ccccc3)c2)cc1. The molecular formula is C50H37N3. The highest BCUT2D eigenvalue weighted by Gasteiger charge is 2.19. The molecule has 0 unspecified atom stereocenters.